The fourth-order valence-corrected chi connectivity index (χ4v) is 8.64. The van der Waals surface area contributed by atoms with E-state index < -0.39 is 5.41 Å². The molecule has 1 spiro atoms. The lowest BCUT2D eigenvalue weighted by atomic mass is 9.64. The Morgan fingerprint density at radius 1 is 0.510 bits per heavy atom. The molecule has 234 valence electrons. The zero-order chi connectivity index (χ0) is 34.3. The molecule has 51 heavy (non-hydrogen) atoms. The largest absolute Gasteiger partial charge is 0.310 e. The standard InChI is InChI=1S/C46H25N5/c1-48-30-20-23-43-37(25-30)36-12-3-6-15-42(36)50(43)32-10-9-11-33(27-32)51-44-16-7-4-13-38(44)46(39-14-5-8-17-45(39)51)40-24-29(28-47)18-21-34(40)35-22-19-31(49-2)26-41(35)46/h3-27H. The van der Waals surface area contributed by atoms with Crippen molar-refractivity contribution in [3.05, 3.63) is 202 Å². The number of hydrogen-bond acceptors (Lipinski definition) is 2. The van der Waals surface area contributed by atoms with Gasteiger partial charge in [0.15, 0.2) is 11.4 Å². The van der Waals surface area contributed by atoms with Gasteiger partial charge in [0.05, 0.1) is 52.6 Å². The number of aromatic nitrogens is 1. The third-order valence-corrected chi connectivity index (χ3v) is 10.6. The number of hydrogen-bond donors (Lipinski definition) is 0. The predicted octanol–water partition coefficient (Wildman–Crippen LogP) is 11.9. The fraction of sp³-hybridized carbons (Fsp3) is 0.0217. The van der Waals surface area contributed by atoms with Crippen LogP contribution in [-0.4, -0.2) is 4.57 Å². The maximum atomic E-state index is 10.1. The Morgan fingerprint density at radius 3 is 1.86 bits per heavy atom. The molecule has 0 radical (unpaired) electrons. The minimum atomic E-state index is -0.743. The van der Waals surface area contributed by atoms with Crippen LogP contribution in [0.15, 0.2) is 152 Å². The average Bonchev–Trinajstić information content (AvgIpc) is 3.67. The quantitative estimate of drug-likeness (QED) is 0.175. The van der Waals surface area contributed by atoms with E-state index in [9.17, 15) is 5.26 Å². The van der Waals surface area contributed by atoms with Gasteiger partial charge in [-0.25, -0.2) is 9.69 Å². The lowest BCUT2D eigenvalue weighted by molar-refractivity contribution is 0.752. The van der Waals surface area contributed by atoms with Gasteiger partial charge in [-0.1, -0.05) is 91.0 Å². The highest BCUT2D eigenvalue weighted by atomic mass is 15.2. The summed E-state index contributed by atoms with van der Waals surface area (Å²) in [5.74, 6) is 0. The van der Waals surface area contributed by atoms with Crippen molar-refractivity contribution >= 4 is 50.2 Å². The second-order valence-electron chi connectivity index (χ2n) is 13.0. The number of rotatable bonds is 2. The van der Waals surface area contributed by atoms with Gasteiger partial charge >= 0.3 is 0 Å². The van der Waals surface area contributed by atoms with Gasteiger partial charge in [0.2, 0.25) is 0 Å². The molecule has 5 nitrogen and oxygen atoms in total. The van der Waals surface area contributed by atoms with Crippen molar-refractivity contribution < 1.29 is 0 Å². The van der Waals surface area contributed by atoms with Crippen LogP contribution in [-0.2, 0) is 5.41 Å². The molecule has 0 saturated heterocycles. The SMILES string of the molecule is [C-]#[N+]c1ccc2c(c1)C1(c3cc(C#N)ccc3-2)c2ccccc2N(c2cccc(-n3c4ccccc4c4cc([N+]#[C-])ccc43)c2)c2ccccc21. The number of fused-ring (bicyclic) bond motifs is 12. The number of nitriles is 1. The van der Waals surface area contributed by atoms with Crippen LogP contribution < -0.4 is 4.90 Å². The summed E-state index contributed by atoms with van der Waals surface area (Å²) >= 11 is 0. The van der Waals surface area contributed by atoms with Gasteiger partial charge in [-0.05, 0) is 99.4 Å². The molecule has 0 saturated carbocycles. The summed E-state index contributed by atoms with van der Waals surface area (Å²) in [5, 5.41) is 12.2. The minimum Gasteiger partial charge on any atom is -0.310 e. The van der Waals surface area contributed by atoms with Crippen LogP contribution in [0.4, 0.5) is 28.4 Å². The van der Waals surface area contributed by atoms with Crippen molar-refractivity contribution in [2.24, 2.45) is 0 Å². The highest BCUT2D eigenvalue weighted by Crippen LogP contribution is 2.63. The van der Waals surface area contributed by atoms with Crippen molar-refractivity contribution in [2.45, 2.75) is 5.41 Å². The lowest BCUT2D eigenvalue weighted by Crippen LogP contribution is -2.36. The van der Waals surface area contributed by atoms with Crippen LogP contribution >= 0.6 is 0 Å². The average molecular weight is 648 g/mol. The van der Waals surface area contributed by atoms with Crippen molar-refractivity contribution in [1.82, 2.24) is 4.57 Å². The molecular weight excluding hydrogens is 623 g/mol. The van der Waals surface area contributed by atoms with Gasteiger partial charge in [-0.15, -0.1) is 0 Å². The molecule has 8 aromatic rings. The van der Waals surface area contributed by atoms with Gasteiger partial charge in [-0.2, -0.15) is 5.26 Å². The number of anilines is 3. The Hall–Kier alpha value is -7.39. The first kappa shape index (κ1) is 28.6. The van der Waals surface area contributed by atoms with Crippen LogP contribution in [0.2, 0.25) is 0 Å². The smallest absolute Gasteiger partial charge is 0.188 e. The maximum absolute atomic E-state index is 10.1. The van der Waals surface area contributed by atoms with Crippen LogP contribution in [0.3, 0.4) is 0 Å². The summed E-state index contributed by atoms with van der Waals surface area (Å²) in [6.07, 6.45) is 0. The van der Waals surface area contributed by atoms with Gasteiger partial charge in [-0.3, -0.25) is 0 Å². The summed E-state index contributed by atoms with van der Waals surface area (Å²) < 4.78 is 2.28. The third kappa shape index (κ3) is 3.77. The summed E-state index contributed by atoms with van der Waals surface area (Å²) in [4.78, 5) is 9.91. The van der Waals surface area contributed by atoms with Crippen LogP contribution in [0.25, 0.3) is 48.3 Å². The molecule has 2 aliphatic rings. The zero-order valence-electron chi connectivity index (χ0n) is 27.2. The molecule has 1 aliphatic heterocycles. The van der Waals surface area contributed by atoms with E-state index in [-0.39, 0.29) is 0 Å². The van der Waals surface area contributed by atoms with E-state index in [2.05, 4.69) is 128 Å². The van der Waals surface area contributed by atoms with Crippen molar-refractivity contribution in [3.8, 4) is 22.9 Å². The topological polar surface area (TPSA) is 40.7 Å². The van der Waals surface area contributed by atoms with Crippen LogP contribution in [0.5, 0.6) is 0 Å². The van der Waals surface area contributed by atoms with Crippen molar-refractivity contribution in [2.75, 3.05) is 4.90 Å². The van der Waals surface area contributed by atoms with E-state index in [1.807, 2.05) is 48.5 Å². The first-order valence-electron chi connectivity index (χ1n) is 16.7. The van der Waals surface area contributed by atoms with E-state index in [1.165, 1.54) is 0 Å². The van der Waals surface area contributed by atoms with Crippen molar-refractivity contribution in [1.29, 1.82) is 5.26 Å². The van der Waals surface area contributed by atoms with E-state index in [1.54, 1.807) is 0 Å². The summed E-state index contributed by atoms with van der Waals surface area (Å²) in [5.41, 5.74) is 13.7. The summed E-state index contributed by atoms with van der Waals surface area (Å²) in [6.45, 7) is 15.6. The molecule has 1 aliphatic carbocycles. The number of benzene rings is 7. The molecule has 10 rings (SSSR count). The zero-order valence-corrected chi connectivity index (χ0v) is 27.2. The third-order valence-electron chi connectivity index (χ3n) is 10.6. The summed E-state index contributed by atoms with van der Waals surface area (Å²) in [6, 6.07) is 54.4. The Bertz CT molecular complexity index is 2810. The van der Waals surface area contributed by atoms with Crippen molar-refractivity contribution in [3.63, 3.8) is 0 Å². The highest BCUT2D eigenvalue weighted by molar-refractivity contribution is 6.10. The minimum absolute atomic E-state index is 0.584. The van der Waals surface area contributed by atoms with E-state index >= 15 is 0 Å². The van der Waals surface area contributed by atoms with Crippen LogP contribution in [0, 0.1) is 24.5 Å². The molecule has 0 unspecified atom stereocenters. The number of nitrogens with zero attached hydrogens (tertiary/aromatic N) is 5. The molecule has 0 fully saturated rings. The van der Waals surface area contributed by atoms with E-state index in [4.69, 9.17) is 13.1 Å². The summed E-state index contributed by atoms with van der Waals surface area (Å²) in [7, 11) is 0. The Balaban J connectivity index is 1.26. The molecule has 1 aromatic heterocycles. The monoisotopic (exact) mass is 647 g/mol. The molecule has 5 heteroatoms. The Labute approximate surface area is 294 Å². The van der Waals surface area contributed by atoms with Gasteiger partial charge in [0.1, 0.15) is 0 Å². The van der Waals surface area contributed by atoms with Gasteiger partial charge in [0.25, 0.3) is 0 Å². The second-order valence-corrected chi connectivity index (χ2v) is 13.0. The molecular formula is C46H25N5. The van der Waals surface area contributed by atoms with Gasteiger partial charge < -0.3 is 9.47 Å². The van der Waals surface area contributed by atoms with E-state index in [0.29, 0.717) is 16.9 Å². The fourth-order valence-electron chi connectivity index (χ4n) is 8.64. The molecule has 7 aromatic carbocycles. The lowest BCUT2D eigenvalue weighted by Gasteiger charge is -2.45. The maximum Gasteiger partial charge on any atom is 0.188 e. The Kier molecular flexibility index (Phi) is 5.92. The molecule has 0 bridgehead atoms. The van der Waals surface area contributed by atoms with Gasteiger partial charge in [0, 0.05) is 16.8 Å². The second kappa shape index (κ2) is 10.6. The molecule has 0 amide bonds. The Morgan fingerprint density at radius 2 is 1.12 bits per heavy atom. The first-order chi connectivity index (χ1) is 25.1. The molecule has 2 heterocycles. The first-order valence-corrected chi connectivity index (χ1v) is 16.7. The molecule has 0 atom stereocenters. The number of para-hydroxylation sites is 3. The van der Waals surface area contributed by atoms with E-state index in [0.717, 1.165) is 77.9 Å². The predicted molar refractivity (Wildman–Crippen MR) is 204 cm³/mol. The highest BCUT2D eigenvalue weighted by Gasteiger charge is 2.51. The van der Waals surface area contributed by atoms with Crippen LogP contribution in [0.1, 0.15) is 27.8 Å². The normalized spacial score (nSPS) is 13.2. The molecule has 0 N–H and O–H groups in total.